The molecule has 0 aromatic heterocycles. The Morgan fingerprint density at radius 2 is 2.11 bits per heavy atom. The van der Waals surface area contributed by atoms with E-state index in [0.29, 0.717) is 24.2 Å². The molecular weight excluding hydrogens is 248 g/mol. The number of terminal acetylenes is 1. The quantitative estimate of drug-likeness (QED) is 0.446. The molecule has 0 aliphatic carbocycles. The van der Waals surface area contributed by atoms with Gasteiger partial charge in [-0.1, -0.05) is 12.1 Å². The molecule has 5 heteroatoms. The molecule has 0 unspecified atom stereocenters. The minimum absolute atomic E-state index is 0.0484. The first-order chi connectivity index (χ1) is 8.53. The van der Waals surface area contributed by atoms with Crippen molar-refractivity contribution < 1.29 is 8.42 Å². The number of unbranched alkanes of at least 4 members (excludes halogenated alkanes) is 2. The van der Waals surface area contributed by atoms with Gasteiger partial charge in [-0.2, -0.15) is 0 Å². The Balaban J connectivity index is 2.43. The first-order valence-electron chi connectivity index (χ1n) is 5.79. The van der Waals surface area contributed by atoms with Crippen molar-refractivity contribution in [2.45, 2.75) is 25.0 Å². The van der Waals surface area contributed by atoms with Gasteiger partial charge in [-0.05, 0) is 30.5 Å². The Hall–Kier alpha value is -1.51. The molecule has 0 amide bonds. The summed E-state index contributed by atoms with van der Waals surface area (Å²) in [7, 11) is -3.30. The first-order valence-corrected chi connectivity index (χ1v) is 7.44. The molecule has 0 bridgehead atoms. The van der Waals surface area contributed by atoms with Crippen LogP contribution in [0.25, 0.3) is 0 Å². The van der Waals surface area contributed by atoms with E-state index in [2.05, 4.69) is 10.6 Å². The second-order valence-electron chi connectivity index (χ2n) is 4.06. The lowest BCUT2D eigenvalue weighted by molar-refractivity contribution is 0.576. The third-order valence-electron chi connectivity index (χ3n) is 2.38. The molecule has 0 aliphatic rings. The maximum atomic E-state index is 11.8. The molecule has 0 saturated carbocycles. The molecule has 0 aliphatic heterocycles. The lowest BCUT2D eigenvalue weighted by Crippen LogP contribution is -2.26. The third kappa shape index (κ3) is 5.71. The molecule has 0 saturated heterocycles. The smallest absolute Gasteiger partial charge is 0.215 e. The van der Waals surface area contributed by atoms with E-state index in [4.69, 9.17) is 12.2 Å². The zero-order valence-electron chi connectivity index (χ0n) is 10.2. The van der Waals surface area contributed by atoms with E-state index in [1.807, 2.05) is 0 Å². The van der Waals surface area contributed by atoms with Crippen LogP contribution >= 0.6 is 0 Å². The summed E-state index contributed by atoms with van der Waals surface area (Å²) in [6.45, 7) is 0.423. The van der Waals surface area contributed by atoms with E-state index in [0.717, 1.165) is 12.8 Å². The fraction of sp³-hybridized carbons (Fsp3) is 0.385. The van der Waals surface area contributed by atoms with Gasteiger partial charge in [0.25, 0.3) is 0 Å². The highest BCUT2D eigenvalue weighted by Gasteiger charge is 2.10. The van der Waals surface area contributed by atoms with Crippen LogP contribution < -0.4 is 10.5 Å². The Kier molecular flexibility index (Phi) is 5.69. The summed E-state index contributed by atoms with van der Waals surface area (Å²) < 4.78 is 26.1. The molecule has 1 rings (SSSR count). The van der Waals surface area contributed by atoms with Crippen molar-refractivity contribution in [1.29, 1.82) is 0 Å². The SMILES string of the molecule is C#CCCCCNS(=O)(=O)Cc1cccc(N)c1. The van der Waals surface area contributed by atoms with Crippen molar-refractivity contribution in [2.24, 2.45) is 0 Å². The van der Waals surface area contributed by atoms with Gasteiger partial charge in [0.1, 0.15) is 0 Å². The predicted molar refractivity (Wildman–Crippen MR) is 74.2 cm³/mol. The van der Waals surface area contributed by atoms with Crippen LogP contribution in [0.2, 0.25) is 0 Å². The van der Waals surface area contributed by atoms with E-state index >= 15 is 0 Å². The Bertz CT molecular complexity index is 518. The minimum atomic E-state index is -3.30. The topological polar surface area (TPSA) is 72.2 Å². The van der Waals surface area contributed by atoms with Gasteiger partial charge in [0.05, 0.1) is 5.75 Å². The number of hydrogen-bond donors (Lipinski definition) is 2. The number of anilines is 1. The van der Waals surface area contributed by atoms with Crippen LogP contribution in [0, 0.1) is 12.3 Å². The van der Waals surface area contributed by atoms with Crippen molar-refractivity contribution >= 4 is 15.7 Å². The summed E-state index contributed by atoms with van der Waals surface area (Å²) in [6.07, 6.45) is 7.37. The van der Waals surface area contributed by atoms with E-state index in [1.54, 1.807) is 24.3 Å². The monoisotopic (exact) mass is 266 g/mol. The van der Waals surface area contributed by atoms with Crippen molar-refractivity contribution in [3.05, 3.63) is 29.8 Å². The molecule has 4 nitrogen and oxygen atoms in total. The van der Waals surface area contributed by atoms with Gasteiger partial charge in [-0.15, -0.1) is 12.3 Å². The molecule has 0 fully saturated rings. The van der Waals surface area contributed by atoms with E-state index in [9.17, 15) is 8.42 Å². The van der Waals surface area contributed by atoms with Crippen molar-refractivity contribution in [1.82, 2.24) is 4.72 Å². The standard InChI is InChI=1S/C13H18N2O2S/c1-2-3-4-5-9-15-18(16,17)11-12-7-6-8-13(14)10-12/h1,6-8,10,15H,3-5,9,11,14H2. The van der Waals surface area contributed by atoms with E-state index in [-0.39, 0.29) is 5.75 Å². The molecule has 0 heterocycles. The summed E-state index contributed by atoms with van der Waals surface area (Å²) in [5.74, 6) is 2.47. The van der Waals surface area contributed by atoms with E-state index < -0.39 is 10.0 Å². The average Bonchev–Trinajstić information content (AvgIpc) is 2.28. The second kappa shape index (κ2) is 7.04. The van der Waals surface area contributed by atoms with Gasteiger partial charge < -0.3 is 5.73 Å². The fourth-order valence-corrected chi connectivity index (χ4v) is 2.71. The number of sulfonamides is 1. The molecule has 0 radical (unpaired) electrons. The minimum Gasteiger partial charge on any atom is -0.399 e. The maximum Gasteiger partial charge on any atom is 0.215 e. The Morgan fingerprint density at radius 3 is 2.78 bits per heavy atom. The van der Waals surface area contributed by atoms with E-state index in [1.165, 1.54) is 0 Å². The number of hydrogen-bond acceptors (Lipinski definition) is 3. The lowest BCUT2D eigenvalue weighted by Gasteiger charge is -2.06. The van der Waals surface area contributed by atoms with Crippen LogP contribution in [0.3, 0.4) is 0 Å². The molecular formula is C13H18N2O2S. The van der Waals surface area contributed by atoms with Gasteiger partial charge in [0, 0.05) is 18.7 Å². The summed E-state index contributed by atoms with van der Waals surface area (Å²) in [5, 5.41) is 0. The Morgan fingerprint density at radius 1 is 1.33 bits per heavy atom. The van der Waals surface area contributed by atoms with Crippen LogP contribution in [0.4, 0.5) is 5.69 Å². The highest BCUT2D eigenvalue weighted by Crippen LogP contribution is 2.09. The van der Waals surface area contributed by atoms with Crippen molar-refractivity contribution in [3.8, 4) is 12.3 Å². The van der Waals surface area contributed by atoms with Crippen LogP contribution in [-0.4, -0.2) is 15.0 Å². The molecule has 1 aromatic rings. The predicted octanol–water partition coefficient (Wildman–Crippen LogP) is 1.49. The summed E-state index contributed by atoms with van der Waals surface area (Å²) >= 11 is 0. The highest BCUT2D eigenvalue weighted by molar-refractivity contribution is 7.88. The molecule has 18 heavy (non-hydrogen) atoms. The number of rotatable bonds is 7. The van der Waals surface area contributed by atoms with Crippen LogP contribution in [0.15, 0.2) is 24.3 Å². The zero-order chi connectivity index (χ0) is 13.4. The highest BCUT2D eigenvalue weighted by atomic mass is 32.2. The van der Waals surface area contributed by atoms with Crippen LogP contribution in [-0.2, 0) is 15.8 Å². The van der Waals surface area contributed by atoms with Crippen LogP contribution in [0.5, 0.6) is 0 Å². The normalized spacial score (nSPS) is 11.1. The molecule has 3 N–H and O–H groups in total. The molecule has 98 valence electrons. The third-order valence-corrected chi connectivity index (χ3v) is 3.73. The Labute approximate surface area is 109 Å². The first kappa shape index (κ1) is 14.6. The summed E-state index contributed by atoms with van der Waals surface area (Å²) in [6, 6.07) is 6.88. The second-order valence-corrected chi connectivity index (χ2v) is 5.87. The number of benzene rings is 1. The largest absolute Gasteiger partial charge is 0.399 e. The maximum absolute atomic E-state index is 11.8. The summed E-state index contributed by atoms with van der Waals surface area (Å²) in [5.41, 5.74) is 6.85. The van der Waals surface area contributed by atoms with Gasteiger partial charge in [0.15, 0.2) is 0 Å². The number of nitrogen functional groups attached to an aromatic ring is 1. The molecule has 0 spiro atoms. The van der Waals surface area contributed by atoms with Gasteiger partial charge in [-0.25, -0.2) is 13.1 Å². The summed E-state index contributed by atoms with van der Waals surface area (Å²) in [4.78, 5) is 0. The van der Waals surface area contributed by atoms with Gasteiger partial charge >= 0.3 is 0 Å². The zero-order valence-corrected chi connectivity index (χ0v) is 11.0. The van der Waals surface area contributed by atoms with Gasteiger partial charge in [0.2, 0.25) is 10.0 Å². The fourth-order valence-electron chi connectivity index (χ4n) is 1.53. The number of nitrogens with two attached hydrogens (primary N) is 1. The van der Waals surface area contributed by atoms with Crippen molar-refractivity contribution in [3.63, 3.8) is 0 Å². The number of nitrogens with one attached hydrogen (secondary N) is 1. The average molecular weight is 266 g/mol. The van der Waals surface area contributed by atoms with Crippen LogP contribution in [0.1, 0.15) is 24.8 Å². The molecule has 0 atom stereocenters. The lowest BCUT2D eigenvalue weighted by atomic mass is 10.2. The molecule has 1 aromatic carbocycles. The van der Waals surface area contributed by atoms with Crippen molar-refractivity contribution in [2.75, 3.05) is 12.3 Å². The van der Waals surface area contributed by atoms with Gasteiger partial charge in [-0.3, -0.25) is 0 Å².